The molecule has 220 valence electrons. The smallest absolute Gasteiger partial charge is 0.00781 e. The Morgan fingerprint density at radius 2 is 0.757 bits per heavy atom. The Morgan fingerprint density at radius 3 is 1.11 bits per heavy atom. The van der Waals surface area contributed by atoms with Crippen LogP contribution in [0.4, 0.5) is 0 Å². The molecule has 1 atom stereocenters. The summed E-state index contributed by atoms with van der Waals surface area (Å²) in [6.45, 7) is 2.39. The minimum absolute atomic E-state index is 0.952. The summed E-state index contributed by atoms with van der Waals surface area (Å²) in [6, 6.07) is 0. The molecule has 2 saturated carbocycles. The van der Waals surface area contributed by atoms with E-state index < -0.39 is 0 Å². The first-order valence-electron chi connectivity index (χ1n) is 18.1. The Balaban J connectivity index is 1.96. The van der Waals surface area contributed by atoms with E-state index in [0.29, 0.717) is 0 Å². The predicted molar refractivity (Wildman–Crippen MR) is 172 cm³/mol. The molecule has 2 rings (SSSR count). The van der Waals surface area contributed by atoms with Gasteiger partial charge in [-0.1, -0.05) is 180 Å². The van der Waals surface area contributed by atoms with Crippen LogP contribution in [-0.4, -0.2) is 10.5 Å². The highest BCUT2D eigenvalue weighted by Gasteiger charge is 2.25. The highest BCUT2D eigenvalue weighted by Crippen LogP contribution is 2.38. The first-order valence-corrected chi connectivity index (χ1v) is 19.0. The second-order valence-electron chi connectivity index (χ2n) is 13.2. The third kappa shape index (κ3) is 19.1. The molecule has 2 fully saturated rings. The molecule has 0 aromatic carbocycles. The molecule has 0 amide bonds. The van der Waals surface area contributed by atoms with Crippen molar-refractivity contribution in [3.8, 4) is 0 Å². The summed E-state index contributed by atoms with van der Waals surface area (Å²) in [4.78, 5) is 0. The van der Waals surface area contributed by atoms with Crippen LogP contribution in [0.3, 0.4) is 0 Å². The average Bonchev–Trinajstić information content (AvgIpc) is 2.92. The van der Waals surface area contributed by atoms with E-state index in [1.165, 1.54) is 205 Å². The summed E-state index contributed by atoms with van der Waals surface area (Å²) in [5.41, 5.74) is 0. The molecular formula is C36H70S. The Kier molecular flexibility index (Phi) is 23.0. The SMILES string of the molecule is CCCCCC(SC1CCCCCCCCCCCCCC1)C1CCCCCCCCCCCCCC1. The number of hydrogen-bond acceptors (Lipinski definition) is 1. The molecule has 37 heavy (non-hydrogen) atoms. The molecule has 0 aromatic heterocycles. The second-order valence-corrected chi connectivity index (χ2v) is 14.7. The Labute approximate surface area is 240 Å². The van der Waals surface area contributed by atoms with E-state index in [4.69, 9.17) is 0 Å². The molecule has 0 N–H and O–H groups in total. The van der Waals surface area contributed by atoms with Crippen LogP contribution in [0, 0.1) is 5.92 Å². The van der Waals surface area contributed by atoms with Crippen LogP contribution in [0.5, 0.6) is 0 Å². The van der Waals surface area contributed by atoms with Gasteiger partial charge in [0.05, 0.1) is 0 Å². The zero-order chi connectivity index (χ0) is 26.1. The molecule has 2 aliphatic carbocycles. The highest BCUT2D eigenvalue weighted by molar-refractivity contribution is 8.00. The van der Waals surface area contributed by atoms with Crippen LogP contribution in [0.25, 0.3) is 0 Å². The summed E-state index contributed by atoms with van der Waals surface area (Å²) in [5, 5.41) is 1.91. The average molecular weight is 535 g/mol. The Bertz CT molecular complexity index is 428. The van der Waals surface area contributed by atoms with Crippen molar-refractivity contribution in [2.24, 2.45) is 5.92 Å². The molecule has 2 aliphatic rings. The van der Waals surface area contributed by atoms with E-state index >= 15 is 0 Å². The first kappa shape index (κ1) is 33.6. The van der Waals surface area contributed by atoms with Gasteiger partial charge < -0.3 is 0 Å². The van der Waals surface area contributed by atoms with Crippen molar-refractivity contribution in [3.63, 3.8) is 0 Å². The van der Waals surface area contributed by atoms with Gasteiger partial charge in [-0.25, -0.2) is 0 Å². The van der Waals surface area contributed by atoms with Gasteiger partial charge in [0.25, 0.3) is 0 Å². The molecule has 0 nitrogen and oxygen atoms in total. The summed E-state index contributed by atoms with van der Waals surface area (Å²) < 4.78 is 0. The van der Waals surface area contributed by atoms with Crippen molar-refractivity contribution >= 4 is 11.8 Å². The third-order valence-electron chi connectivity index (χ3n) is 9.69. The predicted octanol–water partition coefficient (Wildman–Crippen LogP) is 13.6. The van der Waals surface area contributed by atoms with Crippen LogP contribution in [0.2, 0.25) is 0 Å². The van der Waals surface area contributed by atoms with E-state index in [9.17, 15) is 0 Å². The number of unbranched alkanes of at least 4 members (excludes halogenated alkanes) is 2. The lowest BCUT2D eigenvalue weighted by Crippen LogP contribution is -2.22. The number of rotatable bonds is 7. The van der Waals surface area contributed by atoms with Crippen molar-refractivity contribution in [2.45, 2.75) is 223 Å². The molecule has 0 saturated heterocycles. The van der Waals surface area contributed by atoms with Gasteiger partial charge in [-0.05, 0) is 38.0 Å². The molecular weight excluding hydrogens is 464 g/mol. The minimum Gasteiger partial charge on any atom is -0.155 e. The molecule has 0 spiro atoms. The van der Waals surface area contributed by atoms with E-state index in [1.54, 1.807) is 0 Å². The van der Waals surface area contributed by atoms with Gasteiger partial charge in [0, 0.05) is 10.5 Å². The van der Waals surface area contributed by atoms with Crippen molar-refractivity contribution in [1.29, 1.82) is 0 Å². The molecule has 0 heterocycles. The van der Waals surface area contributed by atoms with Crippen molar-refractivity contribution in [1.82, 2.24) is 0 Å². The van der Waals surface area contributed by atoms with Gasteiger partial charge in [0.15, 0.2) is 0 Å². The van der Waals surface area contributed by atoms with Crippen LogP contribution in [0.1, 0.15) is 212 Å². The Hall–Kier alpha value is 0.350. The summed E-state index contributed by atoms with van der Waals surface area (Å²) >= 11 is 2.53. The standard InChI is InChI=1S/C36H70S/c1-2-3-24-33-36(34-29-25-20-16-12-8-4-5-9-13-17-21-26-30-34)37-35-31-27-22-18-14-10-6-7-11-15-19-23-28-32-35/h34-36H,2-33H2,1H3. The van der Waals surface area contributed by atoms with Crippen LogP contribution >= 0.6 is 11.8 Å². The fourth-order valence-electron chi connectivity index (χ4n) is 7.15. The van der Waals surface area contributed by atoms with Gasteiger partial charge >= 0.3 is 0 Å². The lowest BCUT2D eigenvalue weighted by molar-refractivity contribution is 0.376. The summed E-state index contributed by atoms with van der Waals surface area (Å²) in [5.74, 6) is 1.00. The first-order chi connectivity index (χ1) is 18.4. The molecule has 0 radical (unpaired) electrons. The molecule has 0 bridgehead atoms. The molecule has 1 unspecified atom stereocenters. The second kappa shape index (κ2) is 25.3. The third-order valence-corrected chi connectivity index (χ3v) is 11.5. The normalized spacial score (nSPS) is 24.2. The van der Waals surface area contributed by atoms with Crippen molar-refractivity contribution in [2.75, 3.05) is 0 Å². The number of hydrogen-bond donors (Lipinski definition) is 0. The van der Waals surface area contributed by atoms with Crippen LogP contribution in [0.15, 0.2) is 0 Å². The lowest BCUT2D eigenvalue weighted by atomic mass is 9.89. The zero-order valence-corrected chi connectivity index (χ0v) is 26.6. The lowest BCUT2D eigenvalue weighted by Gasteiger charge is -2.31. The van der Waals surface area contributed by atoms with Gasteiger partial charge in [-0.2, -0.15) is 11.8 Å². The summed E-state index contributed by atoms with van der Waals surface area (Å²) in [7, 11) is 0. The zero-order valence-electron chi connectivity index (χ0n) is 25.8. The number of thioether (sulfide) groups is 1. The molecule has 0 aromatic rings. The minimum atomic E-state index is 0.952. The van der Waals surface area contributed by atoms with Gasteiger partial charge in [-0.15, -0.1) is 0 Å². The van der Waals surface area contributed by atoms with E-state index in [1.807, 2.05) is 0 Å². The van der Waals surface area contributed by atoms with Crippen LogP contribution < -0.4 is 0 Å². The fraction of sp³-hybridized carbons (Fsp3) is 1.00. The Morgan fingerprint density at radius 1 is 0.432 bits per heavy atom. The van der Waals surface area contributed by atoms with Gasteiger partial charge in [-0.3, -0.25) is 0 Å². The monoisotopic (exact) mass is 535 g/mol. The maximum absolute atomic E-state index is 2.53. The van der Waals surface area contributed by atoms with Crippen molar-refractivity contribution in [3.05, 3.63) is 0 Å². The largest absolute Gasteiger partial charge is 0.155 e. The molecule has 0 aliphatic heterocycles. The van der Waals surface area contributed by atoms with E-state index in [-0.39, 0.29) is 0 Å². The van der Waals surface area contributed by atoms with Crippen molar-refractivity contribution < 1.29 is 0 Å². The fourth-order valence-corrected chi connectivity index (χ4v) is 9.04. The maximum atomic E-state index is 2.53. The topological polar surface area (TPSA) is 0 Å². The summed E-state index contributed by atoms with van der Waals surface area (Å²) in [6.07, 6.45) is 48.0. The quantitative estimate of drug-likeness (QED) is 0.293. The molecule has 1 heteroatoms. The van der Waals surface area contributed by atoms with E-state index in [2.05, 4.69) is 18.7 Å². The van der Waals surface area contributed by atoms with Crippen LogP contribution in [-0.2, 0) is 0 Å². The maximum Gasteiger partial charge on any atom is 0.00781 e. The van der Waals surface area contributed by atoms with Gasteiger partial charge in [0.1, 0.15) is 0 Å². The highest BCUT2D eigenvalue weighted by atomic mass is 32.2. The van der Waals surface area contributed by atoms with Gasteiger partial charge in [0.2, 0.25) is 0 Å². The van der Waals surface area contributed by atoms with E-state index in [0.717, 1.165) is 16.4 Å².